The molecule has 2 atom stereocenters. The molecule has 0 bridgehead atoms. The summed E-state index contributed by atoms with van der Waals surface area (Å²) in [5, 5.41) is 0. The molecule has 0 amide bonds. The Morgan fingerprint density at radius 2 is 1.96 bits per heavy atom. The molecule has 1 aromatic rings. The maximum atomic E-state index is 5.58. The monoisotopic (exact) mass is 374 g/mol. The third-order valence-corrected chi connectivity index (χ3v) is 6.01. The van der Waals surface area contributed by atoms with Crippen molar-refractivity contribution in [2.75, 3.05) is 6.61 Å². The summed E-state index contributed by atoms with van der Waals surface area (Å²) in [6.45, 7) is 8.91. The van der Waals surface area contributed by atoms with Crippen LogP contribution in [0.5, 0.6) is 0 Å². The largest absolute Gasteiger partial charge is 0.494 e. The van der Waals surface area contributed by atoms with Gasteiger partial charge in [-0.1, -0.05) is 85.7 Å². The zero-order chi connectivity index (χ0) is 19.8. The molecule has 2 unspecified atom stereocenters. The molecular formula is C27H34O. The predicted molar refractivity (Wildman–Crippen MR) is 121 cm³/mol. The number of hydrogen-bond acceptors (Lipinski definition) is 1. The second-order valence-corrected chi connectivity index (χ2v) is 7.99. The molecule has 0 aromatic heterocycles. The Kier molecular flexibility index (Phi) is 7.54. The van der Waals surface area contributed by atoms with E-state index in [1.165, 1.54) is 48.8 Å². The van der Waals surface area contributed by atoms with Crippen molar-refractivity contribution in [1.29, 1.82) is 0 Å². The van der Waals surface area contributed by atoms with Crippen LogP contribution in [0.3, 0.4) is 0 Å². The third kappa shape index (κ3) is 5.61. The Hall–Kier alpha value is -2.28. The molecule has 0 radical (unpaired) electrons. The van der Waals surface area contributed by atoms with Gasteiger partial charge in [0.2, 0.25) is 0 Å². The van der Waals surface area contributed by atoms with Crippen LogP contribution in [0.25, 0.3) is 6.08 Å². The Bertz CT molecular complexity index is 790. The fourth-order valence-electron chi connectivity index (χ4n) is 4.33. The van der Waals surface area contributed by atoms with Gasteiger partial charge in [0.1, 0.15) is 5.76 Å². The maximum Gasteiger partial charge on any atom is 0.119 e. The van der Waals surface area contributed by atoms with Crippen molar-refractivity contribution in [3.63, 3.8) is 0 Å². The van der Waals surface area contributed by atoms with Crippen LogP contribution in [-0.4, -0.2) is 6.61 Å². The first-order valence-corrected chi connectivity index (χ1v) is 10.8. The summed E-state index contributed by atoms with van der Waals surface area (Å²) < 4.78 is 5.58. The van der Waals surface area contributed by atoms with E-state index in [-0.39, 0.29) is 0 Å². The second-order valence-electron chi connectivity index (χ2n) is 7.99. The average molecular weight is 375 g/mol. The quantitative estimate of drug-likeness (QED) is 0.447. The van der Waals surface area contributed by atoms with Gasteiger partial charge in [-0.15, -0.1) is 0 Å². The van der Waals surface area contributed by atoms with Crippen LogP contribution in [0.4, 0.5) is 0 Å². The number of rotatable bonds is 7. The Morgan fingerprint density at radius 3 is 2.79 bits per heavy atom. The SMILES string of the molecule is C=C(OCC)C1=CCC=C(CC2CCCCC2/C=C/c2ccccc2C)C=C1. The Balaban J connectivity index is 1.65. The van der Waals surface area contributed by atoms with Crippen LogP contribution < -0.4 is 0 Å². The average Bonchev–Trinajstić information content (AvgIpc) is 2.94. The summed E-state index contributed by atoms with van der Waals surface area (Å²) in [6.07, 6.45) is 21.4. The van der Waals surface area contributed by atoms with Crippen molar-refractivity contribution in [2.45, 2.75) is 52.4 Å². The van der Waals surface area contributed by atoms with Gasteiger partial charge in [-0.2, -0.15) is 0 Å². The van der Waals surface area contributed by atoms with Gasteiger partial charge in [-0.05, 0) is 62.5 Å². The normalized spacial score (nSPS) is 22.5. The maximum absolute atomic E-state index is 5.58. The van der Waals surface area contributed by atoms with E-state index in [2.05, 4.69) is 74.2 Å². The zero-order valence-corrected chi connectivity index (χ0v) is 17.5. The van der Waals surface area contributed by atoms with Crippen molar-refractivity contribution < 1.29 is 4.74 Å². The van der Waals surface area contributed by atoms with E-state index in [9.17, 15) is 0 Å². The highest BCUT2D eigenvalue weighted by atomic mass is 16.5. The minimum Gasteiger partial charge on any atom is -0.494 e. The molecule has 1 heteroatoms. The molecule has 2 aliphatic carbocycles. The van der Waals surface area contributed by atoms with E-state index in [0.29, 0.717) is 12.5 Å². The first-order valence-electron chi connectivity index (χ1n) is 10.8. The van der Waals surface area contributed by atoms with E-state index in [4.69, 9.17) is 4.74 Å². The van der Waals surface area contributed by atoms with Crippen LogP contribution in [0.1, 0.15) is 56.6 Å². The predicted octanol–water partition coefficient (Wildman–Crippen LogP) is 7.57. The number of aryl methyl sites for hydroxylation is 1. The van der Waals surface area contributed by atoms with Crippen molar-refractivity contribution in [3.8, 4) is 0 Å². The van der Waals surface area contributed by atoms with E-state index < -0.39 is 0 Å². The van der Waals surface area contributed by atoms with E-state index >= 15 is 0 Å². The Morgan fingerprint density at radius 1 is 1.14 bits per heavy atom. The molecule has 1 fully saturated rings. The molecule has 28 heavy (non-hydrogen) atoms. The van der Waals surface area contributed by atoms with Gasteiger partial charge in [0.05, 0.1) is 6.61 Å². The first-order chi connectivity index (χ1) is 13.7. The van der Waals surface area contributed by atoms with Crippen LogP contribution >= 0.6 is 0 Å². The van der Waals surface area contributed by atoms with Crippen molar-refractivity contribution >= 4 is 6.08 Å². The standard InChI is InChI=1S/C27H34O/c1-4-28-22(3)25-15-9-11-23(16-17-25)20-27-14-8-7-13-26(27)19-18-24-12-6-5-10-21(24)2/h5-6,10-12,15-19,26-27H,3-4,7-9,13-14,20H2,1-2H3/b19-18+. The lowest BCUT2D eigenvalue weighted by Crippen LogP contribution is -2.18. The number of allylic oxidation sites excluding steroid dienone is 6. The van der Waals surface area contributed by atoms with Crippen molar-refractivity contribution in [3.05, 3.63) is 89.3 Å². The number of benzene rings is 1. The van der Waals surface area contributed by atoms with Crippen LogP contribution in [0.15, 0.2) is 78.1 Å². The van der Waals surface area contributed by atoms with Gasteiger partial charge >= 0.3 is 0 Å². The highest BCUT2D eigenvalue weighted by molar-refractivity contribution is 5.53. The van der Waals surface area contributed by atoms with Crippen LogP contribution in [-0.2, 0) is 4.74 Å². The van der Waals surface area contributed by atoms with E-state index in [1.807, 2.05) is 6.92 Å². The fraction of sp³-hybridized carbons (Fsp3) is 0.407. The van der Waals surface area contributed by atoms with Gasteiger partial charge in [0.25, 0.3) is 0 Å². The second kappa shape index (κ2) is 10.3. The lowest BCUT2D eigenvalue weighted by atomic mass is 9.75. The first kappa shape index (κ1) is 20.5. The third-order valence-electron chi connectivity index (χ3n) is 6.01. The summed E-state index contributed by atoms with van der Waals surface area (Å²) in [4.78, 5) is 0. The molecule has 1 saturated carbocycles. The summed E-state index contributed by atoms with van der Waals surface area (Å²) >= 11 is 0. The zero-order valence-electron chi connectivity index (χ0n) is 17.5. The van der Waals surface area contributed by atoms with Crippen molar-refractivity contribution in [1.82, 2.24) is 0 Å². The van der Waals surface area contributed by atoms with Gasteiger partial charge in [-0.25, -0.2) is 0 Å². The molecule has 0 aliphatic heterocycles. The highest BCUT2D eigenvalue weighted by Crippen LogP contribution is 2.36. The molecule has 148 valence electrons. The van der Waals surface area contributed by atoms with Gasteiger partial charge < -0.3 is 4.74 Å². The molecule has 1 nitrogen and oxygen atoms in total. The minimum absolute atomic E-state index is 0.668. The lowest BCUT2D eigenvalue weighted by molar-refractivity contribution is 0.240. The summed E-state index contributed by atoms with van der Waals surface area (Å²) in [6, 6.07) is 8.66. The van der Waals surface area contributed by atoms with Gasteiger partial charge in [-0.3, -0.25) is 0 Å². The van der Waals surface area contributed by atoms with Crippen LogP contribution in [0, 0.1) is 18.8 Å². The molecule has 0 spiro atoms. The molecule has 1 aromatic carbocycles. The van der Waals surface area contributed by atoms with Crippen LogP contribution in [0.2, 0.25) is 0 Å². The van der Waals surface area contributed by atoms with E-state index in [1.54, 1.807) is 0 Å². The molecular weight excluding hydrogens is 340 g/mol. The molecule has 0 saturated heterocycles. The molecule has 3 rings (SSSR count). The number of hydrogen-bond donors (Lipinski definition) is 0. The van der Waals surface area contributed by atoms with Gasteiger partial charge in [0.15, 0.2) is 0 Å². The van der Waals surface area contributed by atoms with Gasteiger partial charge in [0, 0.05) is 5.57 Å². The number of ether oxygens (including phenoxy) is 1. The summed E-state index contributed by atoms with van der Waals surface area (Å²) in [5.74, 6) is 2.20. The smallest absolute Gasteiger partial charge is 0.119 e. The van der Waals surface area contributed by atoms with E-state index in [0.717, 1.165) is 23.7 Å². The molecule has 0 heterocycles. The lowest BCUT2D eigenvalue weighted by Gasteiger charge is -2.30. The topological polar surface area (TPSA) is 9.23 Å². The fourth-order valence-corrected chi connectivity index (χ4v) is 4.33. The molecule has 0 N–H and O–H groups in total. The summed E-state index contributed by atoms with van der Waals surface area (Å²) in [7, 11) is 0. The summed E-state index contributed by atoms with van der Waals surface area (Å²) in [5.41, 5.74) is 5.28. The highest BCUT2D eigenvalue weighted by Gasteiger charge is 2.23. The Labute approximate surface area is 171 Å². The molecule has 2 aliphatic rings. The minimum atomic E-state index is 0.668. The van der Waals surface area contributed by atoms with Crippen molar-refractivity contribution in [2.24, 2.45) is 11.8 Å².